The average molecular weight is 355 g/mol. The third kappa shape index (κ3) is 3.94. The summed E-state index contributed by atoms with van der Waals surface area (Å²) in [5.74, 6) is -0.792. The van der Waals surface area contributed by atoms with Crippen LogP contribution in [0.25, 0.3) is 21.8 Å². The van der Waals surface area contributed by atoms with E-state index in [1.807, 2.05) is 12.1 Å². The average Bonchev–Trinajstić information content (AvgIpc) is 2.98. The fourth-order valence-electron chi connectivity index (χ4n) is 2.58. The van der Waals surface area contributed by atoms with Gasteiger partial charge in [0.25, 0.3) is 0 Å². The highest BCUT2D eigenvalue weighted by Gasteiger charge is 2.17. The Bertz CT molecular complexity index is 883. The third-order valence-corrected chi connectivity index (χ3v) is 5.06. The quantitative estimate of drug-likeness (QED) is 0.670. The van der Waals surface area contributed by atoms with Crippen molar-refractivity contribution in [2.75, 3.05) is 0 Å². The predicted molar refractivity (Wildman–Crippen MR) is 98.4 cm³/mol. The zero-order valence-corrected chi connectivity index (χ0v) is 14.8. The van der Waals surface area contributed by atoms with Crippen molar-refractivity contribution < 1.29 is 14.3 Å². The van der Waals surface area contributed by atoms with Crippen LogP contribution < -0.4 is 0 Å². The number of nitrogens with zero attached hydrogens (tertiary/aromatic N) is 1. The molecule has 0 radical (unpaired) electrons. The highest BCUT2D eigenvalue weighted by molar-refractivity contribution is 7.15. The van der Waals surface area contributed by atoms with Gasteiger partial charge in [0.2, 0.25) is 0 Å². The lowest BCUT2D eigenvalue weighted by Crippen LogP contribution is -1.99. The molecule has 2 aromatic carbocycles. The van der Waals surface area contributed by atoms with E-state index in [4.69, 9.17) is 0 Å². The Morgan fingerprint density at radius 1 is 1.08 bits per heavy atom. The summed E-state index contributed by atoms with van der Waals surface area (Å²) < 4.78 is 13.2. The molecule has 0 aliphatic rings. The third-order valence-electron chi connectivity index (χ3n) is 3.95. The SMILES string of the molecule is CC(C)c1ccc(-c2nc(-c3ccc(F)cc3)c(CC(=O)O)s2)cc1. The van der Waals surface area contributed by atoms with E-state index >= 15 is 0 Å². The number of thiazole rings is 1. The molecule has 1 heterocycles. The maximum atomic E-state index is 13.2. The van der Waals surface area contributed by atoms with Crippen molar-refractivity contribution in [3.05, 3.63) is 64.8 Å². The second-order valence-corrected chi connectivity index (χ2v) is 7.23. The molecule has 3 aromatic rings. The van der Waals surface area contributed by atoms with Crippen molar-refractivity contribution in [1.82, 2.24) is 4.98 Å². The minimum absolute atomic E-state index is 0.103. The molecule has 0 unspecified atom stereocenters. The molecule has 3 rings (SSSR count). The van der Waals surface area contributed by atoms with Crippen LogP contribution in [-0.4, -0.2) is 16.1 Å². The topological polar surface area (TPSA) is 50.2 Å². The number of aromatic nitrogens is 1. The second-order valence-electron chi connectivity index (χ2n) is 6.14. The Morgan fingerprint density at radius 2 is 1.68 bits per heavy atom. The largest absolute Gasteiger partial charge is 0.481 e. The summed E-state index contributed by atoms with van der Waals surface area (Å²) in [4.78, 5) is 16.5. The van der Waals surface area contributed by atoms with Gasteiger partial charge in [-0.25, -0.2) is 9.37 Å². The molecular weight excluding hydrogens is 337 g/mol. The first-order valence-corrected chi connectivity index (χ1v) is 8.83. The van der Waals surface area contributed by atoms with E-state index in [2.05, 4.69) is 31.0 Å². The first-order valence-electron chi connectivity index (χ1n) is 8.02. The molecule has 0 amide bonds. The zero-order valence-electron chi connectivity index (χ0n) is 14.0. The fourth-order valence-corrected chi connectivity index (χ4v) is 3.66. The molecule has 1 aromatic heterocycles. The highest BCUT2D eigenvalue weighted by atomic mass is 32.1. The molecule has 0 aliphatic carbocycles. The molecule has 0 aliphatic heterocycles. The summed E-state index contributed by atoms with van der Waals surface area (Å²) in [5.41, 5.74) is 3.52. The van der Waals surface area contributed by atoms with Crippen LogP contribution in [0, 0.1) is 5.82 Å². The molecule has 0 bridgehead atoms. The number of benzene rings is 2. The van der Waals surface area contributed by atoms with Crippen molar-refractivity contribution in [1.29, 1.82) is 0 Å². The van der Waals surface area contributed by atoms with Crippen molar-refractivity contribution >= 4 is 17.3 Å². The normalized spacial score (nSPS) is 11.0. The second kappa shape index (κ2) is 7.15. The number of rotatable bonds is 5. The molecule has 0 spiro atoms. The number of hydrogen-bond acceptors (Lipinski definition) is 3. The number of aliphatic carboxylic acids is 1. The summed E-state index contributed by atoms with van der Waals surface area (Å²) in [6, 6.07) is 14.1. The van der Waals surface area contributed by atoms with Crippen LogP contribution in [0.5, 0.6) is 0 Å². The molecule has 0 saturated heterocycles. The number of hydrogen-bond donors (Lipinski definition) is 1. The van der Waals surface area contributed by atoms with Crippen molar-refractivity contribution in [3.63, 3.8) is 0 Å². The van der Waals surface area contributed by atoms with E-state index in [9.17, 15) is 14.3 Å². The molecule has 5 heteroatoms. The van der Waals surface area contributed by atoms with Gasteiger partial charge in [0.1, 0.15) is 10.8 Å². The Balaban J connectivity index is 2.03. The number of halogens is 1. The van der Waals surface area contributed by atoms with Gasteiger partial charge in [-0.2, -0.15) is 0 Å². The molecule has 25 heavy (non-hydrogen) atoms. The first-order chi connectivity index (χ1) is 11.9. The van der Waals surface area contributed by atoms with Crippen LogP contribution in [0.2, 0.25) is 0 Å². The maximum absolute atomic E-state index is 13.2. The first kappa shape index (κ1) is 17.3. The summed E-state index contributed by atoms with van der Waals surface area (Å²) in [7, 11) is 0. The van der Waals surface area contributed by atoms with E-state index in [1.54, 1.807) is 12.1 Å². The minimum atomic E-state index is -0.909. The molecule has 3 nitrogen and oxygen atoms in total. The van der Waals surface area contributed by atoms with E-state index in [0.717, 1.165) is 16.1 Å². The van der Waals surface area contributed by atoms with Gasteiger partial charge in [-0.15, -0.1) is 11.3 Å². The van der Waals surface area contributed by atoms with Gasteiger partial charge < -0.3 is 5.11 Å². The Hall–Kier alpha value is -2.53. The van der Waals surface area contributed by atoms with E-state index in [0.29, 0.717) is 16.5 Å². The Labute approximate surface area is 149 Å². The standard InChI is InChI=1S/C20H18FNO2S/c1-12(2)13-3-5-15(6-4-13)20-22-19(17(25-20)11-18(23)24)14-7-9-16(21)10-8-14/h3-10,12H,11H2,1-2H3,(H,23,24). The van der Waals surface area contributed by atoms with E-state index in [-0.39, 0.29) is 12.2 Å². The summed E-state index contributed by atoms with van der Waals surface area (Å²) in [6.07, 6.45) is -0.103. The van der Waals surface area contributed by atoms with Crippen LogP contribution in [0.4, 0.5) is 4.39 Å². The lowest BCUT2D eigenvalue weighted by atomic mass is 10.0. The maximum Gasteiger partial charge on any atom is 0.308 e. The van der Waals surface area contributed by atoms with Crippen LogP contribution in [0.3, 0.4) is 0 Å². The van der Waals surface area contributed by atoms with Crippen molar-refractivity contribution in [2.24, 2.45) is 0 Å². The van der Waals surface area contributed by atoms with Crippen LogP contribution >= 0.6 is 11.3 Å². The molecule has 0 saturated carbocycles. The molecule has 0 fully saturated rings. The molecule has 128 valence electrons. The van der Waals surface area contributed by atoms with Crippen LogP contribution in [0.1, 0.15) is 30.2 Å². The number of carbonyl (C=O) groups is 1. The van der Waals surface area contributed by atoms with Gasteiger partial charge in [-0.1, -0.05) is 38.1 Å². The number of carboxylic acid groups (broad SMARTS) is 1. The van der Waals surface area contributed by atoms with Crippen molar-refractivity contribution in [3.8, 4) is 21.8 Å². The van der Waals surface area contributed by atoms with Crippen LogP contribution in [0.15, 0.2) is 48.5 Å². The van der Waals surface area contributed by atoms with E-state index < -0.39 is 5.97 Å². The predicted octanol–water partition coefficient (Wildman–Crippen LogP) is 5.37. The monoisotopic (exact) mass is 355 g/mol. The van der Waals surface area contributed by atoms with Crippen molar-refractivity contribution in [2.45, 2.75) is 26.2 Å². The smallest absolute Gasteiger partial charge is 0.308 e. The number of carboxylic acids is 1. The summed E-state index contributed by atoms with van der Waals surface area (Å²) in [6.45, 7) is 4.27. The van der Waals surface area contributed by atoms with Gasteiger partial charge in [-0.3, -0.25) is 4.79 Å². The van der Waals surface area contributed by atoms with Crippen LogP contribution in [-0.2, 0) is 11.2 Å². The molecule has 1 N–H and O–H groups in total. The van der Waals surface area contributed by atoms with Gasteiger partial charge in [0.05, 0.1) is 12.1 Å². The summed E-state index contributed by atoms with van der Waals surface area (Å²) >= 11 is 1.37. The van der Waals surface area contributed by atoms with E-state index in [1.165, 1.54) is 29.0 Å². The lowest BCUT2D eigenvalue weighted by Gasteiger charge is -2.05. The van der Waals surface area contributed by atoms with Gasteiger partial charge in [0, 0.05) is 16.0 Å². The molecular formula is C20H18FNO2S. The van der Waals surface area contributed by atoms with Gasteiger partial charge in [-0.05, 0) is 35.7 Å². The van der Waals surface area contributed by atoms with Gasteiger partial charge >= 0.3 is 5.97 Å². The zero-order chi connectivity index (χ0) is 18.0. The highest BCUT2D eigenvalue weighted by Crippen LogP contribution is 2.34. The Kier molecular flexibility index (Phi) is 4.95. The fraction of sp³-hybridized carbons (Fsp3) is 0.200. The van der Waals surface area contributed by atoms with Gasteiger partial charge in [0.15, 0.2) is 0 Å². The summed E-state index contributed by atoms with van der Waals surface area (Å²) in [5, 5.41) is 9.95. The Morgan fingerprint density at radius 3 is 2.24 bits per heavy atom. The lowest BCUT2D eigenvalue weighted by molar-refractivity contribution is -0.136. The molecule has 0 atom stereocenters. The minimum Gasteiger partial charge on any atom is -0.481 e.